The number of anilines is 1. The number of rotatable bonds is 6. The Balaban J connectivity index is 2.03. The van der Waals surface area contributed by atoms with Crippen molar-refractivity contribution in [2.24, 2.45) is 0 Å². The number of ether oxygens (including phenoxy) is 2. The molecule has 2 amide bonds. The number of ketones is 1. The fourth-order valence-corrected chi connectivity index (χ4v) is 4.56. The second-order valence-electron chi connectivity index (χ2n) is 7.51. The highest BCUT2D eigenvalue weighted by atomic mass is 16.5. The van der Waals surface area contributed by atoms with Crippen molar-refractivity contribution in [2.75, 3.05) is 38.8 Å². The van der Waals surface area contributed by atoms with Crippen LogP contribution >= 0.6 is 0 Å². The molecule has 0 aliphatic carbocycles. The Morgan fingerprint density at radius 2 is 1.72 bits per heavy atom. The van der Waals surface area contributed by atoms with Gasteiger partial charge in [0, 0.05) is 31.3 Å². The molecule has 0 bridgehead atoms. The predicted molar refractivity (Wildman–Crippen MR) is 117 cm³/mol. The number of benzene rings is 2. The van der Waals surface area contributed by atoms with Crippen LogP contribution in [0.3, 0.4) is 0 Å². The van der Waals surface area contributed by atoms with Gasteiger partial charge in [0.15, 0.2) is 5.54 Å². The van der Waals surface area contributed by atoms with Crippen molar-refractivity contribution in [2.45, 2.75) is 12.5 Å². The van der Waals surface area contributed by atoms with E-state index < -0.39 is 28.9 Å². The van der Waals surface area contributed by atoms with E-state index in [1.165, 1.54) is 24.0 Å². The number of Topliss-reactive ketones (excluding diaryl/α,β-unsaturated/α-hetero) is 1. The van der Waals surface area contributed by atoms with Gasteiger partial charge in [-0.15, -0.1) is 0 Å². The lowest BCUT2D eigenvalue weighted by molar-refractivity contribution is -0.144. The molecule has 0 radical (unpaired) electrons. The van der Waals surface area contributed by atoms with E-state index in [1.807, 2.05) is 6.92 Å². The number of amides is 2. The molecule has 8 heteroatoms. The molecule has 1 unspecified atom stereocenters. The van der Waals surface area contributed by atoms with Crippen LogP contribution < -0.4 is 9.64 Å². The van der Waals surface area contributed by atoms with E-state index in [1.54, 1.807) is 48.5 Å². The summed E-state index contributed by atoms with van der Waals surface area (Å²) >= 11 is 0. The molecule has 2 aromatic carbocycles. The van der Waals surface area contributed by atoms with Crippen molar-refractivity contribution < 1.29 is 29.0 Å². The molecule has 2 aliphatic rings. The van der Waals surface area contributed by atoms with Crippen molar-refractivity contribution in [3.8, 4) is 5.75 Å². The number of likely N-dealkylation sites (N-methyl/N-ethyl adjacent to an activating group) is 1. The Kier molecular flexibility index (Phi) is 5.48. The molecule has 8 nitrogen and oxygen atoms in total. The number of likely N-dealkylation sites (tertiary alicyclic amines) is 1. The Morgan fingerprint density at radius 3 is 2.34 bits per heavy atom. The van der Waals surface area contributed by atoms with E-state index in [-0.39, 0.29) is 18.7 Å². The topological polar surface area (TPSA) is 96.4 Å². The van der Waals surface area contributed by atoms with Crippen LogP contribution in [0, 0.1) is 0 Å². The summed E-state index contributed by atoms with van der Waals surface area (Å²) in [6, 6.07) is 13.4. The van der Waals surface area contributed by atoms with E-state index in [0.29, 0.717) is 29.1 Å². The summed E-state index contributed by atoms with van der Waals surface area (Å²) < 4.78 is 10.3. The lowest BCUT2D eigenvalue weighted by atomic mass is 9.82. The highest BCUT2D eigenvalue weighted by Gasteiger charge is 2.66. The molecule has 1 fully saturated rings. The average molecular weight is 436 g/mol. The van der Waals surface area contributed by atoms with Gasteiger partial charge in [0.2, 0.25) is 0 Å². The summed E-state index contributed by atoms with van der Waals surface area (Å²) in [5, 5.41) is 11.3. The first kappa shape index (κ1) is 21.6. The number of hydrogen-bond acceptors (Lipinski definition) is 6. The van der Waals surface area contributed by atoms with Gasteiger partial charge >= 0.3 is 0 Å². The summed E-state index contributed by atoms with van der Waals surface area (Å²) in [4.78, 5) is 43.1. The quantitative estimate of drug-likeness (QED) is 0.424. The maximum atomic E-state index is 13.9. The lowest BCUT2D eigenvalue weighted by Crippen LogP contribution is -2.52. The molecule has 0 aromatic heterocycles. The van der Waals surface area contributed by atoms with Gasteiger partial charge in [-0.3, -0.25) is 14.4 Å². The van der Waals surface area contributed by atoms with Crippen molar-refractivity contribution in [3.05, 3.63) is 65.2 Å². The summed E-state index contributed by atoms with van der Waals surface area (Å²) in [5.41, 5.74) is -0.613. The first-order valence-electron chi connectivity index (χ1n) is 10.3. The van der Waals surface area contributed by atoms with Crippen LogP contribution in [0.25, 0.3) is 5.76 Å². The summed E-state index contributed by atoms with van der Waals surface area (Å²) in [5.74, 6) is -2.05. The molecular weight excluding hydrogens is 412 g/mol. The highest BCUT2D eigenvalue weighted by molar-refractivity contribution is 6.50. The first-order chi connectivity index (χ1) is 15.4. The van der Waals surface area contributed by atoms with Gasteiger partial charge in [-0.05, 0) is 37.3 Å². The van der Waals surface area contributed by atoms with Gasteiger partial charge in [-0.25, -0.2) is 0 Å². The minimum absolute atomic E-state index is 0.0120. The van der Waals surface area contributed by atoms with Crippen molar-refractivity contribution >= 4 is 29.0 Å². The van der Waals surface area contributed by atoms with Crippen LogP contribution in [0.15, 0.2) is 54.1 Å². The van der Waals surface area contributed by atoms with Crippen molar-refractivity contribution in [1.82, 2.24) is 4.90 Å². The molecule has 0 saturated carbocycles. The molecule has 1 saturated heterocycles. The zero-order valence-electron chi connectivity index (χ0n) is 18.1. The van der Waals surface area contributed by atoms with E-state index in [4.69, 9.17) is 9.47 Å². The number of fused-ring (bicyclic) bond motifs is 2. The minimum atomic E-state index is -1.76. The lowest BCUT2D eigenvalue weighted by Gasteiger charge is -2.34. The minimum Gasteiger partial charge on any atom is -0.507 e. The number of carbonyl (C=O) groups is 3. The second-order valence-corrected chi connectivity index (χ2v) is 7.51. The first-order valence-corrected chi connectivity index (χ1v) is 10.3. The molecular formula is C24H24N2O6. The van der Waals surface area contributed by atoms with Gasteiger partial charge in [0.25, 0.3) is 17.6 Å². The monoisotopic (exact) mass is 436 g/mol. The molecule has 2 heterocycles. The third kappa shape index (κ3) is 2.83. The zero-order chi connectivity index (χ0) is 23.0. The largest absolute Gasteiger partial charge is 0.507 e. The molecule has 2 aromatic rings. The molecule has 2 aliphatic heterocycles. The molecule has 1 spiro atoms. The second kappa shape index (κ2) is 8.12. The number of aliphatic hydroxyl groups excluding tert-OH is 1. The number of hydrogen-bond donors (Lipinski definition) is 1. The van der Waals surface area contributed by atoms with Gasteiger partial charge in [0.05, 0.1) is 25.0 Å². The van der Waals surface area contributed by atoms with Gasteiger partial charge in [0.1, 0.15) is 11.5 Å². The van der Waals surface area contributed by atoms with Crippen LogP contribution in [0.2, 0.25) is 0 Å². The summed E-state index contributed by atoms with van der Waals surface area (Å²) in [6.07, 6.45) is 0. The third-order valence-electron chi connectivity index (χ3n) is 6.01. The number of para-hydroxylation sites is 1. The Labute approximate surface area is 185 Å². The number of carbonyl (C=O) groups excluding carboxylic acids is 3. The van der Waals surface area contributed by atoms with Gasteiger partial charge in [-0.1, -0.05) is 18.2 Å². The molecule has 32 heavy (non-hydrogen) atoms. The fourth-order valence-electron chi connectivity index (χ4n) is 4.56. The van der Waals surface area contributed by atoms with Gasteiger partial charge < -0.3 is 24.4 Å². The van der Waals surface area contributed by atoms with Crippen molar-refractivity contribution in [3.63, 3.8) is 0 Å². The summed E-state index contributed by atoms with van der Waals surface area (Å²) in [6.45, 7) is 2.30. The van der Waals surface area contributed by atoms with Gasteiger partial charge in [-0.2, -0.15) is 0 Å². The van der Waals surface area contributed by atoms with Crippen LogP contribution in [0.4, 0.5) is 5.69 Å². The van der Waals surface area contributed by atoms with Crippen LogP contribution in [-0.4, -0.2) is 61.5 Å². The predicted octanol–water partition coefficient (Wildman–Crippen LogP) is 2.28. The van der Waals surface area contributed by atoms with Crippen LogP contribution in [0.1, 0.15) is 18.1 Å². The Morgan fingerprint density at radius 1 is 1.03 bits per heavy atom. The smallest absolute Gasteiger partial charge is 0.296 e. The van der Waals surface area contributed by atoms with Crippen LogP contribution in [0.5, 0.6) is 5.75 Å². The molecule has 1 atom stereocenters. The Bertz CT molecular complexity index is 1120. The standard InChI is InChI=1S/C24H24N2O6/c1-4-25-18-8-6-5-7-17(18)24(23(25)30)19(21(28)22(29)26(24)13-14-31-2)20(27)15-9-11-16(32-3)12-10-15/h5-12,27H,4,13-14H2,1-3H3. The fraction of sp³-hybridized carbons (Fsp3) is 0.292. The maximum absolute atomic E-state index is 13.9. The highest BCUT2D eigenvalue weighted by Crippen LogP contribution is 2.53. The molecule has 166 valence electrons. The van der Waals surface area contributed by atoms with E-state index in [0.717, 1.165) is 0 Å². The normalized spacial score (nSPS) is 21.5. The number of methoxy groups -OCH3 is 2. The third-order valence-corrected chi connectivity index (χ3v) is 6.01. The van der Waals surface area contributed by atoms with E-state index >= 15 is 0 Å². The number of aliphatic hydroxyl groups is 1. The average Bonchev–Trinajstić information content (AvgIpc) is 3.20. The Hall–Kier alpha value is -3.65. The molecule has 4 rings (SSSR count). The maximum Gasteiger partial charge on any atom is 0.296 e. The van der Waals surface area contributed by atoms with E-state index in [2.05, 4.69) is 0 Å². The molecule has 1 N–H and O–H groups in total. The summed E-state index contributed by atoms with van der Waals surface area (Å²) in [7, 11) is 2.99. The SMILES string of the molecule is CCN1C(=O)C2(C(=C(O)c3ccc(OC)cc3)C(=O)C(=O)N2CCOC)c2ccccc21. The van der Waals surface area contributed by atoms with E-state index in [9.17, 15) is 19.5 Å². The van der Waals surface area contributed by atoms with Crippen molar-refractivity contribution in [1.29, 1.82) is 0 Å². The van der Waals surface area contributed by atoms with Crippen LogP contribution in [-0.2, 0) is 24.7 Å². The number of nitrogens with zero attached hydrogens (tertiary/aromatic N) is 2. The zero-order valence-corrected chi connectivity index (χ0v) is 18.1.